The average molecular weight is 819 g/mol. The van der Waals surface area contributed by atoms with Gasteiger partial charge in [-0.25, -0.2) is 0 Å². The summed E-state index contributed by atoms with van der Waals surface area (Å²) in [5, 5.41) is 45.4. The maximum absolute atomic E-state index is 13.0. The van der Waals surface area contributed by atoms with Crippen molar-refractivity contribution < 1.29 is 48.2 Å². The molecular formula is C44H87N2O9P. The van der Waals surface area contributed by atoms with Crippen LogP contribution in [-0.2, 0) is 18.4 Å². The second-order valence-electron chi connectivity index (χ2n) is 17.7. The van der Waals surface area contributed by atoms with E-state index in [-0.39, 0.29) is 30.8 Å². The number of phosphoric acid groups is 1. The summed E-state index contributed by atoms with van der Waals surface area (Å²) in [6.07, 6.45) is 26.9. The fraction of sp³-hybridized carbons (Fsp3) is 0.932. The van der Waals surface area contributed by atoms with E-state index in [1.165, 1.54) is 70.6 Å². The molecule has 1 aliphatic rings. The first kappa shape index (κ1) is 53.1. The van der Waals surface area contributed by atoms with Gasteiger partial charge in [-0.05, 0) is 31.6 Å². The van der Waals surface area contributed by atoms with Crippen LogP contribution in [0.1, 0.15) is 181 Å². The first-order valence-electron chi connectivity index (χ1n) is 22.8. The Kier molecular flexibility index (Phi) is 30.3. The molecule has 5 N–H and O–H groups in total. The Morgan fingerprint density at radius 1 is 0.768 bits per heavy atom. The molecule has 1 rings (SSSR count). The van der Waals surface area contributed by atoms with Crippen LogP contribution in [-0.4, -0.2) is 102 Å². The molecular weight excluding hydrogens is 731 g/mol. The largest absolute Gasteiger partial charge is 0.756 e. The van der Waals surface area contributed by atoms with E-state index < -0.39 is 44.9 Å². The SMILES string of the molecule is CCCCCCCCCCCCCCCC[C@@H](O)[C@H](COP(=O)([O-])OCC[N+](C)(C)C)NC(=O)CCCCCC[C@@H]1[C@@H](/C=C/[C@@H](O)CCCCC)[C@H](O)C[C@@H]1O. The first-order valence-corrected chi connectivity index (χ1v) is 24.3. The van der Waals surface area contributed by atoms with Crippen molar-refractivity contribution in [1.29, 1.82) is 0 Å². The van der Waals surface area contributed by atoms with Gasteiger partial charge < -0.3 is 44.2 Å². The van der Waals surface area contributed by atoms with Crippen molar-refractivity contribution in [2.75, 3.05) is 40.9 Å². The van der Waals surface area contributed by atoms with E-state index in [1.807, 2.05) is 27.2 Å². The van der Waals surface area contributed by atoms with Crippen LogP contribution in [0.5, 0.6) is 0 Å². The highest BCUT2D eigenvalue weighted by molar-refractivity contribution is 7.45. The lowest BCUT2D eigenvalue weighted by Crippen LogP contribution is -2.46. The Hall–Kier alpha value is -0.880. The zero-order valence-electron chi connectivity index (χ0n) is 36.4. The summed E-state index contributed by atoms with van der Waals surface area (Å²) >= 11 is 0. The van der Waals surface area contributed by atoms with Gasteiger partial charge in [0.25, 0.3) is 7.82 Å². The lowest BCUT2D eigenvalue weighted by molar-refractivity contribution is -0.870. The van der Waals surface area contributed by atoms with E-state index in [0.717, 1.165) is 64.2 Å². The van der Waals surface area contributed by atoms with Crippen LogP contribution in [0.2, 0.25) is 0 Å². The van der Waals surface area contributed by atoms with Crippen LogP contribution in [0, 0.1) is 11.8 Å². The van der Waals surface area contributed by atoms with Crippen LogP contribution in [0.15, 0.2) is 12.2 Å². The number of carbonyl (C=O) groups excluding carboxylic acids is 1. The Balaban J connectivity index is 2.50. The van der Waals surface area contributed by atoms with Crippen LogP contribution in [0.25, 0.3) is 0 Å². The number of phosphoric ester groups is 1. The van der Waals surface area contributed by atoms with Crippen LogP contribution in [0.4, 0.5) is 0 Å². The fourth-order valence-electron chi connectivity index (χ4n) is 7.66. The third-order valence-corrected chi connectivity index (χ3v) is 12.3. The molecule has 0 saturated heterocycles. The summed E-state index contributed by atoms with van der Waals surface area (Å²) in [6.45, 7) is 4.43. The molecule has 1 unspecified atom stereocenters. The molecule has 1 saturated carbocycles. The lowest BCUT2D eigenvalue weighted by Gasteiger charge is -2.30. The number of aliphatic hydroxyl groups excluding tert-OH is 4. The predicted octanol–water partition coefficient (Wildman–Crippen LogP) is 8.11. The number of quaternary nitrogens is 1. The van der Waals surface area contributed by atoms with Crippen molar-refractivity contribution in [2.24, 2.45) is 11.8 Å². The molecule has 0 aromatic rings. The highest BCUT2D eigenvalue weighted by Crippen LogP contribution is 2.39. The number of unbranched alkanes of at least 4 members (excludes halogenated alkanes) is 18. The molecule has 0 heterocycles. The molecule has 1 aliphatic carbocycles. The number of likely N-dealkylation sites (N-methyl/N-ethyl adjacent to an activating group) is 1. The van der Waals surface area contributed by atoms with Crippen LogP contribution >= 0.6 is 7.82 Å². The lowest BCUT2D eigenvalue weighted by atomic mass is 9.88. The van der Waals surface area contributed by atoms with E-state index >= 15 is 0 Å². The second kappa shape index (κ2) is 32.0. The van der Waals surface area contributed by atoms with Gasteiger partial charge in [0, 0.05) is 18.8 Å². The van der Waals surface area contributed by atoms with Crippen molar-refractivity contribution in [3.05, 3.63) is 12.2 Å². The first-order chi connectivity index (χ1) is 26.7. The third-order valence-electron chi connectivity index (χ3n) is 11.4. The van der Waals surface area contributed by atoms with Gasteiger partial charge in [-0.15, -0.1) is 0 Å². The van der Waals surface area contributed by atoms with E-state index in [4.69, 9.17) is 9.05 Å². The van der Waals surface area contributed by atoms with Gasteiger partial charge in [-0.2, -0.15) is 0 Å². The summed E-state index contributed by atoms with van der Waals surface area (Å²) in [6, 6.07) is -0.876. The number of nitrogens with one attached hydrogen (secondary N) is 1. The summed E-state index contributed by atoms with van der Waals surface area (Å²) in [4.78, 5) is 25.5. The van der Waals surface area contributed by atoms with Gasteiger partial charge in [0.15, 0.2) is 0 Å². The van der Waals surface area contributed by atoms with Crippen molar-refractivity contribution in [1.82, 2.24) is 5.32 Å². The zero-order chi connectivity index (χ0) is 41.7. The number of aliphatic hydroxyl groups is 4. The minimum absolute atomic E-state index is 0.0250. The molecule has 12 heteroatoms. The Morgan fingerprint density at radius 2 is 1.29 bits per heavy atom. The van der Waals surface area contributed by atoms with E-state index in [0.29, 0.717) is 36.7 Å². The summed E-state index contributed by atoms with van der Waals surface area (Å²) < 4.78 is 23.3. The number of amides is 1. The standard InChI is InChI=1S/C44H87N2O9P/c1-6-8-10-11-12-13-14-15-16-17-18-19-20-25-29-41(48)40(36-55-56(52,53)54-34-33-46(3,4)5)45-44(51)30-26-22-21-24-28-38-39(43(50)35-42(38)49)32-31-37(47)27-23-9-7-2/h31-32,37-43,47-50H,6-30,33-36H2,1-5H3,(H-,45,51,52,53)/b32-31+/t37-,38+,39+,40-,41+,42-,43+/m0/s1. The molecule has 0 spiro atoms. The van der Waals surface area contributed by atoms with Crippen molar-refractivity contribution >= 4 is 13.7 Å². The molecule has 0 bridgehead atoms. The van der Waals surface area contributed by atoms with Gasteiger partial charge in [0.1, 0.15) is 13.2 Å². The van der Waals surface area contributed by atoms with Crippen molar-refractivity contribution in [3.8, 4) is 0 Å². The van der Waals surface area contributed by atoms with Gasteiger partial charge in [0.05, 0.1) is 58.2 Å². The maximum atomic E-state index is 13.0. The number of hydrogen-bond donors (Lipinski definition) is 5. The molecule has 0 aromatic heterocycles. The molecule has 1 amide bonds. The maximum Gasteiger partial charge on any atom is 0.268 e. The Morgan fingerprint density at radius 3 is 1.88 bits per heavy atom. The zero-order valence-corrected chi connectivity index (χ0v) is 37.3. The highest BCUT2D eigenvalue weighted by Gasteiger charge is 2.39. The Bertz CT molecular complexity index is 1040. The fourth-order valence-corrected chi connectivity index (χ4v) is 8.39. The van der Waals surface area contributed by atoms with Crippen molar-refractivity contribution in [2.45, 2.75) is 211 Å². The second-order valence-corrected chi connectivity index (χ2v) is 19.1. The number of hydrogen-bond acceptors (Lipinski definition) is 9. The van der Waals surface area contributed by atoms with Crippen molar-refractivity contribution in [3.63, 3.8) is 0 Å². The topological polar surface area (TPSA) is 169 Å². The van der Waals surface area contributed by atoms with Gasteiger partial charge in [0.2, 0.25) is 5.91 Å². The number of rotatable bonds is 37. The van der Waals surface area contributed by atoms with Gasteiger partial charge in [-0.3, -0.25) is 9.36 Å². The molecule has 8 atom stereocenters. The minimum atomic E-state index is -4.62. The summed E-state index contributed by atoms with van der Waals surface area (Å²) in [5.41, 5.74) is 0. The van der Waals surface area contributed by atoms with E-state index in [9.17, 15) is 34.7 Å². The van der Waals surface area contributed by atoms with Crippen LogP contribution < -0.4 is 10.2 Å². The number of nitrogens with zero attached hydrogens (tertiary/aromatic N) is 1. The average Bonchev–Trinajstić information content (AvgIpc) is 3.40. The molecule has 0 radical (unpaired) electrons. The van der Waals surface area contributed by atoms with Gasteiger partial charge >= 0.3 is 0 Å². The Labute approximate surface area is 342 Å². The summed E-state index contributed by atoms with van der Waals surface area (Å²) in [5.74, 6) is -0.510. The highest BCUT2D eigenvalue weighted by atomic mass is 31.2. The molecule has 332 valence electrons. The molecule has 0 aromatic carbocycles. The van der Waals surface area contributed by atoms with E-state index in [2.05, 4.69) is 19.2 Å². The molecule has 56 heavy (non-hydrogen) atoms. The quantitative estimate of drug-likeness (QED) is 0.0180. The number of carbonyl (C=O) groups is 1. The van der Waals surface area contributed by atoms with Gasteiger partial charge in [-0.1, -0.05) is 154 Å². The molecule has 11 nitrogen and oxygen atoms in total. The normalized spacial score (nSPS) is 21.7. The van der Waals surface area contributed by atoms with E-state index in [1.54, 1.807) is 6.08 Å². The molecule has 1 fully saturated rings. The molecule has 0 aliphatic heterocycles. The smallest absolute Gasteiger partial charge is 0.268 e. The predicted molar refractivity (Wildman–Crippen MR) is 226 cm³/mol. The summed E-state index contributed by atoms with van der Waals surface area (Å²) in [7, 11) is 1.18. The van der Waals surface area contributed by atoms with Crippen LogP contribution in [0.3, 0.4) is 0 Å². The minimum Gasteiger partial charge on any atom is -0.756 e. The monoisotopic (exact) mass is 819 g/mol. The third kappa shape index (κ3) is 27.7.